The number of hydrogen-bond donors (Lipinski definition) is 4. The molecule has 230 valence electrons. The maximum Gasteiger partial charge on any atom is 0.414 e. The zero-order chi connectivity index (χ0) is 31.3. The van der Waals surface area contributed by atoms with Gasteiger partial charge in [0.05, 0.1) is 17.8 Å². The molecule has 0 aliphatic rings. The topological polar surface area (TPSA) is 145 Å². The minimum absolute atomic E-state index is 0.155. The third-order valence-electron chi connectivity index (χ3n) is 6.72. The van der Waals surface area contributed by atoms with Crippen LogP contribution in [-0.4, -0.2) is 41.6 Å². The van der Waals surface area contributed by atoms with Crippen molar-refractivity contribution in [1.29, 1.82) is 0 Å². The molecule has 0 saturated carbocycles. The van der Waals surface area contributed by atoms with Crippen molar-refractivity contribution in [2.24, 2.45) is 5.73 Å². The summed E-state index contributed by atoms with van der Waals surface area (Å²) >= 11 is 1.22. The third-order valence-corrected chi connectivity index (χ3v) is 7.51. The van der Waals surface area contributed by atoms with Crippen LogP contribution in [0.15, 0.2) is 85.1 Å². The zero-order valence-corrected chi connectivity index (χ0v) is 25.6. The molecule has 10 nitrogen and oxygen atoms in total. The third kappa shape index (κ3) is 9.92. The lowest BCUT2D eigenvalue weighted by Crippen LogP contribution is -2.55. The number of nitrogens with zero attached hydrogens (tertiary/aromatic N) is 1. The molecule has 3 aromatic carbocycles. The van der Waals surface area contributed by atoms with Crippen LogP contribution in [0.2, 0.25) is 0 Å². The lowest BCUT2D eigenvalue weighted by atomic mass is 10.0. The molecule has 5 N–H and O–H groups in total. The Morgan fingerprint density at radius 1 is 0.818 bits per heavy atom. The Hall–Kier alpha value is -4.74. The smallest absolute Gasteiger partial charge is 0.414 e. The first-order chi connectivity index (χ1) is 21.3. The molecule has 0 fully saturated rings. The minimum atomic E-state index is -1.04. The molecule has 3 amide bonds. The normalized spacial score (nSPS) is 12.1. The Morgan fingerprint density at radius 3 is 2.05 bits per heavy atom. The summed E-state index contributed by atoms with van der Waals surface area (Å²) in [6.45, 7) is 4.93. The molecule has 1 heterocycles. The molecular formula is C33H37N5O5S. The minimum Gasteiger partial charge on any atom is -0.494 e. The molecule has 11 heteroatoms. The number of amides is 3. The average Bonchev–Trinajstić information content (AvgIpc) is 3.44. The second-order valence-electron chi connectivity index (χ2n) is 10.1. The number of nitrogens with one attached hydrogen (secondary N) is 3. The summed E-state index contributed by atoms with van der Waals surface area (Å²) in [7, 11) is 0. The number of aryl methyl sites for hydroxylation is 1. The van der Waals surface area contributed by atoms with E-state index in [1.807, 2.05) is 73.7 Å². The Balaban J connectivity index is 1.51. The van der Waals surface area contributed by atoms with E-state index in [0.717, 1.165) is 27.3 Å². The average molecular weight is 616 g/mol. The quantitative estimate of drug-likeness (QED) is 0.168. The van der Waals surface area contributed by atoms with Crippen molar-refractivity contribution in [1.82, 2.24) is 20.9 Å². The fraction of sp³-hybridized carbons (Fsp3) is 0.273. The molecule has 0 aliphatic heterocycles. The molecule has 0 bridgehead atoms. The Morgan fingerprint density at radius 2 is 1.43 bits per heavy atom. The van der Waals surface area contributed by atoms with Crippen LogP contribution < -0.4 is 31.2 Å². The van der Waals surface area contributed by atoms with E-state index in [1.165, 1.54) is 17.5 Å². The molecule has 0 unspecified atom stereocenters. The molecule has 4 aromatic rings. The van der Waals surface area contributed by atoms with E-state index < -0.39 is 24.1 Å². The number of hydrogen-bond acceptors (Lipinski definition) is 8. The zero-order valence-electron chi connectivity index (χ0n) is 24.7. The van der Waals surface area contributed by atoms with Crippen LogP contribution in [0.4, 0.5) is 4.79 Å². The number of nitrogens with two attached hydrogens (primary N) is 1. The van der Waals surface area contributed by atoms with Crippen LogP contribution >= 0.6 is 11.3 Å². The van der Waals surface area contributed by atoms with Crippen molar-refractivity contribution < 1.29 is 23.9 Å². The summed E-state index contributed by atoms with van der Waals surface area (Å²) < 4.78 is 10.9. The monoisotopic (exact) mass is 615 g/mol. The van der Waals surface area contributed by atoms with Crippen LogP contribution in [0.1, 0.15) is 34.2 Å². The number of carbonyl (C=O) groups is 3. The van der Waals surface area contributed by atoms with Crippen LogP contribution in [0.3, 0.4) is 0 Å². The van der Waals surface area contributed by atoms with Gasteiger partial charge >= 0.3 is 6.09 Å². The Labute approximate surface area is 261 Å². The van der Waals surface area contributed by atoms with Gasteiger partial charge in [-0.1, -0.05) is 78.1 Å². The van der Waals surface area contributed by atoms with Gasteiger partial charge in [-0.25, -0.2) is 9.78 Å². The highest BCUT2D eigenvalue weighted by Gasteiger charge is 2.28. The summed E-state index contributed by atoms with van der Waals surface area (Å²) in [5, 5.41) is 9.52. The van der Waals surface area contributed by atoms with E-state index in [1.54, 1.807) is 19.1 Å². The van der Waals surface area contributed by atoms with Gasteiger partial charge in [0.2, 0.25) is 16.9 Å². The summed E-state index contributed by atoms with van der Waals surface area (Å²) in [5.41, 5.74) is 9.24. The predicted octanol–water partition coefficient (Wildman–Crippen LogP) is 4.05. The number of aromatic nitrogens is 1. The highest BCUT2D eigenvalue weighted by atomic mass is 32.1. The molecule has 44 heavy (non-hydrogen) atoms. The van der Waals surface area contributed by atoms with Gasteiger partial charge in [0.25, 0.3) is 0 Å². The Kier molecular flexibility index (Phi) is 11.8. The van der Waals surface area contributed by atoms with Gasteiger partial charge in [-0.2, -0.15) is 0 Å². The molecule has 0 saturated heterocycles. The van der Waals surface area contributed by atoms with Gasteiger partial charge in [0.1, 0.15) is 17.8 Å². The fourth-order valence-corrected chi connectivity index (χ4v) is 5.04. The second kappa shape index (κ2) is 16.2. The first-order valence-electron chi connectivity index (χ1n) is 14.3. The van der Waals surface area contributed by atoms with Crippen LogP contribution in [0.25, 0.3) is 0 Å². The lowest BCUT2D eigenvalue weighted by molar-refractivity contribution is -0.130. The number of ether oxygens (including phenoxy) is 2. The SMILES string of the molecule is CCOc1ccc(C[C@@H](NC(=O)Oc2cnc(C)s2)C(=O)N[C@@H](Cc2ccccc2)C(=O)NCc2ccc(CN)cc2)cc1. The highest BCUT2D eigenvalue weighted by Crippen LogP contribution is 2.20. The van der Waals surface area contributed by atoms with E-state index in [4.69, 9.17) is 15.2 Å². The number of thiazole rings is 1. The van der Waals surface area contributed by atoms with Crippen LogP contribution in [0, 0.1) is 6.92 Å². The standard InChI is InChI=1S/C33H37N5O5S/c1-3-42-27-15-13-24(14-16-27)18-29(38-33(41)43-30-21-35-22(2)44-30)32(40)37-28(17-23-7-5-4-6-8-23)31(39)36-20-26-11-9-25(19-34)10-12-26/h4-16,21,28-29H,3,17-20,34H2,1-2H3,(H,36,39)(H,37,40)(H,38,41)/t28-,29+/m0/s1. The van der Waals surface area contributed by atoms with Crippen LogP contribution in [0.5, 0.6) is 10.8 Å². The van der Waals surface area contributed by atoms with Crippen molar-refractivity contribution in [3.05, 3.63) is 112 Å². The first-order valence-corrected chi connectivity index (χ1v) is 15.2. The summed E-state index contributed by atoms with van der Waals surface area (Å²) in [6, 6.07) is 22.4. The highest BCUT2D eigenvalue weighted by molar-refractivity contribution is 7.13. The summed E-state index contributed by atoms with van der Waals surface area (Å²) in [6.07, 6.45) is 1.06. The summed E-state index contributed by atoms with van der Waals surface area (Å²) in [5.74, 6) is -0.185. The molecule has 1 aromatic heterocycles. The van der Waals surface area contributed by atoms with Crippen molar-refractivity contribution in [2.45, 2.75) is 51.9 Å². The van der Waals surface area contributed by atoms with E-state index in [9.17, 15) is 14.4 Å². The number of benzene rings is 3. The fourth-order valence-electron chi connectivity index (χ4n) is 4.42. The lowest BCUT2D eigenvalue weighted by Gasteiger charge is -2.23. The molecule has 2 atom stereocenters. The maximum absolute atomic E-state index is 13.8. The van der Waals surface area contributed by atoms with Gasteiger partial charge in [0.15, 0.2) is 0 Å². The van der Waals surface area contributed by atoms with E-state index >= 15 is 0 Å². The molecule has 0 aliphatic carbocycles. The van der Waals surface area contributed by atoms with Gasteiger partial charge in [-0.05, 0) is 48.2 Å². The van der Waals surface area contributed by atoms with Gasteiger partial charge in [0, 0.05) is 25.9 Å². The predicted molar refractivity (Wildman–Crippen MR) is 169 cm³/mol. The van der Waals surface area contributed by atoms with E-state index in [-0.39, 0.29) is 25.3 Å². The summed E-state index contributed by atoms with van der Waals surface area (Å²) in [4.78, 5) is 44.1. The van der Waals surface area contributed by atoms with E-state index in [2.05, 4.69) is 20.9 Å². The number of carbonyl (C=O) groups excluding carboxylic acids is 3. The maximum atomic E-state index is 13.8. The first kappa shape index (κ1) is 32.2. The largest absolute Gasteiger partial charge is 0.494 e. The van der Waals surface area contributed by atoms with Gasteiger partial charge in [-0.3, -0.25) is 9.59 Å². The van der Waals surface area contributed by atoms with E-state index in [0.29, 0.717) is 24.0 Å². The molecular weight excluding hydrogens is 578 g/mol. The Bertz CT molecular complexity index is 1510. The molecule has 0 spiro atoms. The van der Waals surface area contributed by atoms with Crippen molar-refractivity contribution in [3.63, 3.8) is 0 Å². The van der Waals surface area contributed by atoms with Gasteiger partial charge in [-0.15, -0.1) is 0 Å². The van der Waals surface area contributed by atoms with Gasteiger partial charge < -0.3 is 31.2 Å². The molecule has 0 radical (unpaired) electrons. The van der Waals surface area contributed by atoms with Crippen molar-refractivity contribution in [2.75, 3.05) is 6.61 Å². The second-order valence-corrected chi connectivity index (χ2v) is 11.3. The number of rotatable bonds is 14. The van der Waals surface area contributed by atoms with Crippen LogP contribution in [-0.2, 0) is 35.5 Å². The van der Waals surface area contributed by atoms with Crippen molar-refractivity contribution in [3.8, 4) is 10.8 Å². The molecule has 4 rings (SSSR count). The van der Waals surface area contributed by atoms with Crippen molar-refractivity contribution >= 4 is 29.2 Å².